The summed E-state index contributed by atoms with van der Waals surface area (Å²) < 4.78 is 0. The van der Waals surface area contributed by atoms with Gasteiger partial charge in [-0.1, -0.05) is 20.3 Å². The summed E-state index contributed by atoms with van der Waals surface area (Å²) in [5.41, 5.74) is 11.4. The van der Waals surface area contributed by atoms with Crippen LogP contribution in [0.1, 0.15) is 59.3 Å². The highest BCUT2D eigenvalue weighted by Crippen LogP contribution is 2.21. The molecule has 10 heteroatoms. The predicted octanol–water partition coefficient (Wildman–Crippen LogP) is -0.446. The lowest BCUT2D eigenvalue weighted by molar-refractivity contribution is -0.144. The van der Waals surface area contributed by atoms with Crippen molar-refractivity contribution in [1.82, 2.24) is 15.5 Å². The number of hydrogen-bond donors (Lipinski definition) is 5. The molecule has 0 aromatic carbocycles. The summed E-state index contributed by atoms with van der Waals surface area (Å²) in [5, 5.41) is 14.2. The molecule has 10 nitrogen and oxygen atoms in total. The molecule has 0 saturated carbocycles. The molecule has 3 amide bonds. The maximum atomic E-state index is 13.2. The molecule has 0 bridgehead atoms. The van der Waals surface area contributed by atoms with Gasteiger partial charge in [0.05, 0.1) is 6.04 Å². The summed E-state index contributed by atoms with van der Waals surface area (Å²) in [6.07, 6.45) is 3.47. The van der Waals surface area contributed by atoms with Crippen LogP contribution < -0.4 is 22.1 Å². The zero-order valence-electron chi connectivity index (χ0n) is 18.2. The van der Waals surface area contributed by atoms with Crippen molar-refractivity contribution in [1.29, 1.82) is 0 Å². The molecule has 0 aromatic heterocycles. The largest absolute Gasteiger partial charge is 0.480 e. The first-order chi connectivity index (χ1) is 14.1. The molecule has 4 atom stereocenters. The van der Waals surface area contributed by atoms with Crippen LogP contribution in [0.3, 0.4) is 0 Å². The Hall–Kier alpha value is -2.20. The molecule has 1 saturated heterocycles. The van der Waals surface area contributed by atoms with Gasteiger partial charge in [-0.25, -0.2) is 0 Å². The van der Waals surface area contributed by atoms with Gasteiger partial charge in [0.25, 0.3) is 0 Å². The number of nitrogens with one attached hydrogen (secondary N) is 2. The molecule has 0 spiro atoms. The molecule has 1 heterocycles. The van der Waals surface area contributed by atoms with E-state index in [4.69, 9.17) is 16.6 Å². The predicted molar refractivity (Wildman–Crippen MR) is 112 cm³/mol. The Balaban J connectivity index is 2.84. The monoisotopic (exact) mass is 427 g/mol. The normalized spacial score (nSPS) is 19.3. The van der Waals surface area contributed by atoms with Crippen LogP contribution in [-0.2, 0) is 19.2 Å². The zero-order chi connectivity index (χ0) is 22.8. The van der Waals surface area contributed by atoms with Crippen molar-refractivity contribution in [3.8, 4) is 0 Å². The third kappa shape index (κ3) is 7.91. The topological polar surface area (TPSA) is 168 Å². The van der Waals surface area contributed by atoms with Crippen molar-refractivity contribution in [3.63, 3.8) is 0 Å². The Morgan fingerprint density at radius 3 is 2.37 bits per heavy atom. The highest BCUT2D eigenvalue weighted by molar-refractivity contribution is 5.94. The number of unbranched alkanes of at least 4 members (excludes halogenated alkanes) is 1. The number of carbonyl (C=O) groups excluding carboxylic acids is 3. The fourth-order valence-electron chi connectivity index (χ4n) is 3.49. The van der Waals surface area contributed by atoms with Crippen LogP contribution >= 0.6 is 0 Å². The first-order valence-electron chi connectivity index (χ1n) is 10.7. The Labute approximate surface area is 178 Å². The molecule has 0 aliphatic carbocycles. The second-order valence-corrected chi connectivity index (χ2v) is 8.34. The van der Waals surface area contributed by atoms with Crippen molar-refractivity contribution in [2.45, 2.75) is 83.5 Å². The van der Waals surface area contributed by atoms with Crippen LogP contribution in [0.5, 0.6) is 0 Å². The Kier molecular flexibility index (Phi) is 10.8. The molecule has 0 radical (unpaired) electrons. The second-order valence-electron chi connectivity index (χ2n) is 8.34. The number of carbonyl (C=O) groups is 4. The summed E-state index contributed by atoms with van der Waals surface area (Å²) in [4.78, 5) is 50.7. The minimum Gasteiger partial charge on any atom is -0.480 e. The molecule has 1 aliphatic heterocycles. The van der Waals surface area contributed by atoms with Gasteiger partial charge < -0.3 is 32.1 Å². The molecule has 0 aromatic rings. The van der Waals surface area contributed by atoms with Crippen molar-refractivity contribution in [3.05, 3.63) is 0 Å². The van der Waals surface area contributed by atoms with Gasteiger partial charge >= 0.3 is 5.97 Å². The van der Waals surface area contributed by atoms with Crippen LogP contribution in [0.4, 0.5) is 0 Å². The lowest BCUT2D eigenvalue weighted by Gasteiger charge is -2.30. The Bertz CT molecular complexity index is 612. The minimum atomic E-state index is -1.15. The average molecular weight is 428 g/mol. The maximum absolute atomic E-state index is 13.2. The summed E-state index contributed by atoms with van der Waals surface area (Å²) in [6.45, 7) is 6.16. The smallest absolute Gasteiger partial charge is 0.325 e. The number of aliphatic carboxylic acids is 1. The number of carboxylic acids is 1. The molecule has 7 N–H and O–H groups in total. The van der Waals surface area contributed by atoms with E-state index >= 15 is 0 Å². The molecular formula is C20H37N5O5. The first kappa shape index (κ1) is 25.8. The van der Waals surface area contributed by atoms with Crippen LogP contribution in [0.25, 0.3) is 0 Å². The number of carboxylic acid groups (broad SMARTS) is 1. The van der Waals surface area contributed by atoms with E-state index in [1.807, 2.05) is 13.8 Å². The van der Waals surface area contributed by atoms with E-state index in [0.29, 0.717) is 38.8 Å². The summed E-state index contributed by atoms with van der Waals surface area (Å²) >= 11 is 0. The van der Waals surface area contributed by atoms with Crippen molar-refractivity contribution in [2.24, 2.45) is 17.4 Å². The molecule has 1 aliphatic rings. The molecule has 30 heavy (non-hydrogen) atoms. The number of amides is 3. The fourth-order valence-corrected chi connectivity index (χ4v) is 3.49. The molecule has 1 rings (SSSR count). The average Bonchev–Trinajstić information content (AvgIpc) is 3.16. The van der Waals surface area contributed by atoms with E-state index in [-0.39, 0.29) is 11.8 Å². The van der Waals surface area contributed by atoms with E-state index in [9.17, 15) is 19.2 Å². The van der Waals surface area contributed by atoms with E-state index in [1.54, 1.807) is 0 Å². The lowest BCUT2D eigenvalue weighted by atomic mass is 10.0. The third-order valence-electron chi connectivity index (χ3n) is 5.20. The van der Waals surface area contributed by atoms with Gasteiger partial charge in [0.2, 0.25) is 17.7 Å². The van der Waals surface area contributed by atoms with Crippen molar-refractivity contribution < 1.29 is 24.3 Å². The highest BCUT2D eigenvalue weighted by Gasteiger charge is 2.38. The van der Waals surface area contributed by atoms with E-state index < -0.39 is 42.0 Å². The summed E-state index contributed by atoms with van der Waals surface area (Å²) in [5.74, 6) is -2.25. The second kappa shape index (κ2) is 12.5. The van der Waals surface area contributed by atoms with Gasteiger partial charge in [-0.3, -0.25) is 19.2 Å². The van der Waals surface area contributed by atoms with Gasteiger partial charge in [-0.05, 0) is 51.5 Å². The van der Waals surface area contributed by atoms with E-state index in [1.165, 1.54) is 11.8 Å². The SMILES string of the molecule is CC(C)CC(NC(=O)C(N)CCCCN)C(=O)N1CCCC1C(=O)NC(C)C(=O)O. The van der Waals surface area contributed by atoms with E-state index in [2.05, 4.69) is 10.6 Å². The molecular weight excluding hydrogens is 390 g/mol. The van der Waals surface area contributed by atoms with Crippen LogP contribution in [0.15, 0.2) is 0 Å². The Morgan fingerprint density at radius 1 is 1.13 bits per heavy atom. The maximum Gasteiger partial charge on any atom is 0.325 e. The highest BCUT2D eigenvalue weighted by atomic mass is 16.4. The van der Waals surface area contributed by atoms with Gasteiger partial charge in [0, 0.05) is 6.54 Å². The lowest BCUT2D eigenvalue weighted by Crippen LogP contribution is -2.56. The van der Waals surface area contributed by atoms with Gasteiger partial charge in [-0.15, -0.1) is 0 Å². The standard InChI is InChI=1S/C20H37N5O5/c1-12(2)11-15(24-17(26)14(22)7-4-5-9-21)19(28)25-10-6-8-16(25)18(27)23-13(3)20(29)30/h12-16H,4-11,21-22H2,1-3H3,(H,23,27)(H,24,26)(H,29,30). The van der Waals surface area contributed by atoms with Crippen molar-refractivity contribution in [2.75, 3.05) is 13.1 Å². The van der Waals surface area contributed by atoms with Crippen LogP contribution in [0.2, 0.25) is 0 Å². The Morgan fingerprint density at radius 2 is 1.80 bits per heavy atom. The number of hydrogen-bond acceptors (Lipinski definition) is 6. The van der Waals surface area contributed by atoms with Crippen LogP contribution in [0, 0.1) is 5.92 Å². The molecule has 1 fully saturated rings. The quantitative estimate of drug-likeness (QED) is 0.263. The van der Waals surface area contributed by atoms with Gasteiger partial charge in [-0.2, -0.15) is 0 Å². The van der Waals surface area contributed by atoms with Crippen LogP contribution in [-0.4, -0.2) is 71.0 Å². The zero-order valence-corrected chi connectivity index (χ0v) is 18.2. The van der Waals surface area contributed by atoms with Gasteiger partial charge in [0.15, 0.2) is 0 Å². The summed E-state index contributed by atoms with van der Waals surface area (Å²) in [6, 6.07) is -3.31. The number of likely N-dealkylation sites (tertiary alicyclic amines) is 1. The van der Waals surface area contributed by atoms with E-state index in [0.717, 1.165) is 12.8 Å². The minimum absolute atomic E-state index is 0.134. The first-order valence-corrected chi connectivity index (χ1v) is 10.7. The molecule has 172 valence electrons. The number of nitrogens with zero attached hydrogens (tertiary/aromatic N) is 1. The third-order valence-corrected chi connectivity index (χ3v) is 5.20. The molecule has 4 unspecified atom stereocenters. The van der Waals surface area contributed by atoms with Gasteiger partial charge in [0.1, 0.15) is 18.1 Å². The fraction of sp³-hybridized carbons (Fsp3) is 0.800. The number of rotatable bonds is 12. The van der Waals surface area contributed by atoms with Crippen molar-refractivity contribution >= 4 is 23.7 Å². The summed E-state index contributed by atoms with van der Waals surface area (Å²) in [7, 11) is 0. The number of nitrogens with two attached hydrogens (primary N) is 2.